The van der Waals surface area contributed by atoms with Crippen LogP contribution in [0.5, 0.6) is 0 Å². The highest BCUT2D eigenvalue weighted by Crippen LogP contribution is 2.19. The van der Waals surface area contributed by atoms with Crippen LogP contribution in [-0.2, 0) is 6.42 Å². The zero-order valence-corrected chi connectivity index (χ0v) is 16.2. The molecule has 26 heavy (non-hydrogen) atoms. The van der Waals surface area contributed by atoms with Crippen molar-refractivity contribution >= 4 is 17.5 Å². The second-order valence-corrected chi connectivity index (χ2v) is 7.70. The third kappa shape index (κ3) is 5.33. The summed E-state index contributed by atoms with van der Waals surface area (Å²) in [5, 5.41) is 0.608. The van der Waals surface area contributed by atoms with Gasteiger partial charge in [0.05, 0.1) is 0 Å². The van der Waals surface area contributed by atoms with E-state index < -0.39 is 0 Å². The third-order valence-corrected chi connectivity index (χ3v) is 5.31. The van der Waals surface area contributed by atoms with Crippen molar-refractivity contribution in [2.24, 2.45) is 5.92 Å². The number of likely N-dealkylation sites (tertiary alicyclic amines) is 1. The number of amides is 1. The Bertz CT molecular complexity index is 719. The minimum Gasteiger partial charge on any atom is -0.338 e. The Morgan fingerprint density at radius 2 is 2.00 bits per heavy atom. The van der Waals surface area contributed by atoms with E-state index in [-0.39, 0.29) is 5.91 Å². The average molecular weight is 371 g/mol. The van der Waals surface area contributed by atoms with E-state index in [0.717, 1.165) is 32.6 Å². The Kier molecular flexibility index (Phi) is 6.70. The molecule has 1 atom stereocenters. The van der Waals surface area contributed by atoms with Gasteiger partial charge in [0.2, 0.25) is 0 Å². The lowest BCUT2D eigenvalue weighted by atomic mass is 9.97. The quantitative estimate of drug-likeness (QED) is 0.753. The number of rotatable bonds is 6. The van der Waals surface area contributed by atoms with Crippen LogP contribution in [0.1, 0.15) is 28.8 Å². The first-order valence-electron chi connectivity index (χ1n) is 9.39. The van der Waals surface area contributed by atoms with Gasteiger partial charge in [-0.15, -0.1) is 0 Å². The van der Waals surface area contributed by atoms with E-state index in [2.05, 4.69) is 36.2 Å². The summed E-state index contributed by atoms with van der Waals surface area (Å²) in [5.41, 5.74) is 1.94. The van der Waals surface area contributed by atoms with Gasteiger partial charge in [0.15, 0.2) is 0 Å². The number of nitrogens with zero attached hydrogens (tertiary/aromatic N) is 2. The standard InChI is InChI=1S/C22H27ClN2O/c1-24-13-6-9-19(16-24)17-25(14-12-18-7-3-2-4-8-18)22(26)20-10-5-11-21(23)15-20/h2-5,7-8,10-11,15,19H,6,9,12-14,16-17H2,1H3/t19-/m1/s1. The fourth-order valence-corrected chi connectivity index (χ4v) is 3.91. The zero-order valence-electron chi connectivity index (χ0n) is 15.4. The Morgan fingerprint density at radius 1 is 1.19 bits per heavy atom. The Balaban J connectivity index is 1.72. The number of carbonyl (C=O) groups excluding carboxylic acids is 1. The van der Waals surface area contributed by atoms with Gasteiger partial charge in [-0.3, -0.25) is 4.79 Å². The van der Waals surface area contributed by atoms with Gasteiger partial charge in [0, 0.05) is 30.2 Å². The number of halogens is 1. The molecule has 1 heterocycles. The normalized spacial score (nSPS) is 17.8. The SMILES string of the molecule is CN1CCC[C@@H](CN(CCc2ccccc2)C(=O)c2cccc(Cl)c2)C1. The second kappa shape index (κ2) is 9.20. The number of hydrogen-bond acceptors (Lipinski definition) is 2. The molecule has 0 radical (unpaired) electrons. The molecule has 1 saturated heterocycles. The van der Waals surface area contributed by atoms with Crippen LogP contribution in [-0.4, -0.2) is 48.9 Å². The maximum absolute atomic E-state index is 13.1. The van der Waals surface area contributed by atoms with E-state index in [1.807, 2.05) is 29.2 Å². The van der Waals surface area contributed by atoms with Crippen LogP contribution in [0.3, 0.4) is 0 Å². The lowest BCUT2D eigenvalue weighted by Crippen LogP contribution is -2.42. The summed E-state index contributed by atoms with van der Waals surface area (Å²) in [4.78, 5) is 17.5. The van der Waals surface area contributed by atoms with E-state index in [0.29, 0.717) is 16.5 Å². The molecule has 1 amide bonds. The molecule has 1 aliphatic rings. The van der Waals surface area contributed by atoms with Crippen molar-refractivity contribution in [3.8, 4) is 0 Å². The zero-order chi connectivity index (χ0) is 18.4. The lowest BCUT2D eigenvalue weighted by molar-refractivity contribution is 0.0693. The van der Waals surface area contributed by atoms with Crippen molar-refractivity contribution < 1.29 is 4.79 Å². The van der Waals surface area contributed by atoms with Crippen molar-refractivity contribution in [2.45, 2.75) is 19.3 Å². The second-order valence-electron chi connectivity index (χ2n) is 7.27. The van der Waals surface area contributed by atoms with Gasteiger partial charge < -0.3 is 9.80 Å². The van der Waals surface area contributed by atoms with Crippen LogP contribution in [0.4, 0.5) is 0 Å². The Hall–Kier alpha value is -1.84. The van der Waals surface area contributed by atoms with Crippen molar-refractivity contribution in [1.29, 1.82) is 0 Å². The first-order valence-corrected chi connectivity index (χ1v) is 9.77. The number of benzene rings is 2. The van der Waals surface area contributed by atoms with E-state index in [9.17, 15) is 4.79 Å². The van der Waals surface area contributed by atoms with Crippen LogP contribution >= 0.6 is 11.6 Å². The number of carbonyl (C=O) groups is 1. The summed E-state index contributed by atoms with van der Waals surface area (Å²) in [7, 11) is 2.17. The molecule has 0 aliphatic carbocycles. The molecule has 138 valence electrons. The molecule has 3 nitrogen and oxygen atoms in total. The van der Waals surface area contributed by atoms with Crippen LogP contribution < -0.4 is 0 Å². The van der Waals surface area contributed by atoms with E-state index >= 15 is 0 Å². The summed E-state index contributed by atoms with van der Waals surface area (Å²) in [5.74, 6) is 0.615. The molecule has 0 bridgehead atoms. The first-order chi connectivity index (χ1) is 12.6. The predicted molar refractivity (Wildman–Crippen MR) is 108 cm³/mol. The van der Waals surface area contributed by atoms with E-state index in [1.165, 1.54) is 18.4 Å². The molecule has 0 unspecified atom stereocenters. The minimum absolute atomic E-state index is 0.0802. The van der Waals surface area contributed by atoms with Gasteiger partial charge in [-0.05, 0) is 62.5 Å². The fraction of sp³-hybridized carbons (Fsp3) is 0.409. The molecule has 4 heteroatoms. The minimum atomic E-state index is 0.0802. The molecule has 0 saturated carbocycles. The van der Waals surface area contributed by atoms with Crippen molar-refractivity contribution in [2.75, 3.05) is 33.2 Å². The van der Waals surface area contributed by atoms with E-state index in [4.69, 9.17) is 11.6 Å². The van der Waals surface area contributed by atoms with Crippen LogP contribution in [0.2, 0.25) is 5.02 Å². The van der Waals surface area contributed by atoms with Gasteiger partial charge in [-0.1, -0.05) is 48.0 Å². The summed E-state index contributed by atoms with van der Waals surface area (Å²) in [6, 6.07) is 17.7. The van der Waals surface area contributed by atoms with Gasteiger partial charge in [-0.25, -0.2) is 0 Å². The summed E-state index contributed by atoms with van der Waals surface area (Å²) in [6.07, 6.45) is 3.27. The average Bonchev–Trinajstić information content (AvgIpc) is 2.65. The Labute approximate surface area is 161 Å². The van der Waals surface area contributed by atoms with Crippen molar-refractivity contribution in [3.63, 3.8) is 0 Å². The molecule has 3 rings (SSSR count). The molecule has 0 spiro atoms. The number of piperidine rings is 1. The van der Waals surface area contributed by atoms with Crippen molar-refractivity contribution in [3.05, 3.63) is 70.7 Å². The highest BCUT2D eigenvalue weighted by atomic mass is 35.5. The third-order valence-electron chi connectivity index (χ3n) is 5.07. The largest absolute Gasteiger partial charge is 0.338 e. The highest BCUT2D eigenvalue weighted by molar-refractivity contribution is 6.30. The van der Waals surface area contributed by atoms with Crippen LogP contribution in [0.25, 0.3) is 0 Å². The molecule has 1 aliphatic heterocycles. The van der Waals surface area contributed by atoms with Gasteiger partial charge in [0.1, 0.15) is 0 Å². The highest BCUT2D eigenvalue weighted by Gasteiger charge is 2.23. The maximum Gasteiger partial charge on any atom is 0.253 e. The summed E-state index contributed by atoms with van der Waals surface area (Å²) >= 11 is 6.10. The molecular weight excluding hydrogens is 344 g/mol. The first kappa shape index (κ1) is 18.9. The number of hydrogen-bond donors (Lipinski definition) is 0. The van der Waals surface area contributed by atoms with E-state index in [1.54, 1.807) is 6.07 Å². The van der Waals surface area contributed by atoms with Crippen LogP contribution in [0.15, 0.2) is 54.6 Å². The van der Waals surface area contributed by atoms with Gasteiger partial charge >= 0.3 is 0 Å². The van der Waals surface area contributed by atoms with Crippen molar-refractivity contribution in [1.82, 2.24) is 9.80 Å². The molecule has 0 aromatic heterocycles. The molecular formula is C22H27ClN2O. The molecule has 1 fully saturated rings. The maximum atomic E-state index is 13.1. The molecule has 2 aromatic carbocycles. The monoisotopic (exact) mass is 370 g/mol. The lowest BCUT2D eigenvalue weighted by Gasteiger charge is -2.34. The van der Waals surface area contributed by atoms with Crippen LogP contribution in [0, 0.1) is 5.92 Å². The summed E-state index contributed by atoms with van der Waals surface area (Å²) in [6.45, 7) is 3.76. The molecule has 2 aromatic rings. The van der Waals surface area contributed by atoms with Gasteiger partial charge in [0.25, 0.3) is 5.91 Å². The summed E-state index contributed by atoms with van der Waals surface area (Å²) < 4.78 is 0. The Morgan fingerprint density at radius 3 is 2.73 bits per heavy atom. The van der Waals surface area contributed by atoms with Gasteiger partial charge in [-0.2, -0.15) is 0 Å². The fourth-order valence-electron chi connectivity index (χ4n) is 3.72. The predicted octanol–water partition coefficient (Wildman–Crippen LogP) is 4.37. The topological polar surface area (TPSA) is 23.6 Å². The molecule has 0 N–H and O–H groups in total. The smallest absolute Gasteiger partial charge is 0.253 e.